The van der Waals surface area contributed by atoms with E-state index < -0.39 is 30.0 Å². The summed E-state index contributed by atoms with van der Waals surface area (Å²) in [6.45, 7) is 5.28. The van der Waals surface area contributed by atoms with Crippen LogP contribution in [0, 0.1) is 23.6 Å². The number of halogens is 1. The van der Waals surface area contributed by atoms with Crippen LogP contribution in [0.3, 0.4) is 0 Å². The monoisotopic (exact) mass is 483 g/mol. The number of aliphatic hydroxyl groups excluding tert-OH is 2. The fourth-order valence-electron chi connectivity index (χ4n) is 3.77. The molecule has 8 nitrogen and oxygen atoms in total. The molecule has 0 fully saturated rings. The van der Waals surface area contributed by atoms with E-state index in [0.29, 0.717) is 5.56 Å². The minimum absolute atomic E-state index is 0.0425. The van der Waals surface area contributed by atoms with Crippen LogP contribution in [0.15, 0.2) is 36.5 Å². The minimum Gasteiger partial charge on any atom is -0.472 e. The molecule has 0 radical (unpaired) electrons. The van der Waals surface area contributed by atoms with Crippen LogP contribution in [0.2, 0.25) is 0 Å². The average Bonchev–Trinajstić information content (AvgIpc) is 2.84. The van der Waals surface area contributed by atoms with E-state index in [-0.39, 0.29) is 48.5 Å². The Morgan fingerprint density at radius 2 is 2.09 bits per heavy atom. The maximum Gasteiger partial charge on any atom is 0.259 e. The molecule has 0 aliphatic carbocycles. The number of hydrogen-bond acceptors (Lipinski definition) is 6. The molecule has 3 rings (SSSR count). The lowest BCUT2D eigenvalue weighted by atomic mass is 9.99. The van der Waals surface area contributed by atoms with Crippen LogP contribution >= 0.6 is 0 Å². The molecule has 0 spiro atoms. The highest BCUT2D eigenvalue weighted by Gasteiger charge is 2.35. The summed E-state index contributed by atoms with van der Waals surface area (Å²) in [4.78, 5) is 33.5. The molecule has 9 heteroatoms. The first-order chi connectivity index (χ1) is 16.6. The second kappa shape index (κ2) is 11.3. The first-order valence-electron chi connectivity index (χ1n) is 11.4. The Hall–Kier alpha value is -3.48. The van der Waals surface area contributed by atoms with Crippen LogP contribution in [0.1, 0.15) is 47.1 Å². The molecule has 2 aromatic rings. The van der Waals surface area contributed by atoms with Gasteiger partial charge in [-0.15, -0.1) is 0 Å². The van der Waals surface area contributed by atoms with Gasteiger partial charge in [0.1, 0.15) is 23.6 Å². The zero-order valence-electron chi connectivity index (χ0n) is 20.2. The van der Waals surface area contributed by atoms with Gasteiger partial charge in [0, 0.05) is 31.3 Å². The topological polar surface area (TPSA) is 103 Å². The number of carbonyl (C=O) groups is 2. The number of aliphatic hydroxyl groups is 2. The van der Waals surface area contributed by atoms with E-state index in [9.17, 15) is 24.2 Å². The standard InChI is InChI=1S/C26H30FN3O5/c1-16-13-30(17(2)15-31)26(34)21-11-19(10-9-18(3)32)12-28-24(21)35-23(16)14-29(4)25(33)20-7-5-6-8-22(20)27/h5-8,11-12,16-18,23,31-32H,13-15H2,1-4H3/t16-,17-,18-,23-/m0/s1. The quantitative estimate of drug-likeness (QED) is 0.631. The predicted molar refractivity (Wildman–Crippen MR) is 127 cm³/mol. The number of hydrogen-bond donors (Lipinski definition) is 2. The number of fused-ring (bicyclic) bond motifs is 1. The largest absolute Gasteiger partial charge is 0.472 e. The third-order valence-corrected chi connectivity index (χ3v) is 5.85. The Morgan fingerprint density at radius 3 is 2.74 bits per heavy atom. The molecule has 1 aliphatic rings. The van der Waals surface area contributed by atoms with Crippen molar-refractivity contribution in [3.8, 4) is 17.7 Å². The van der Waals surface area contributed by atoms with E-state index >= 15 is 0 Å². The van der Waals surface area contributed by atoms with Crippen molar-refractivity contribution < 1.29 is 28.9 Å². The maximum absolute atomic E-state index is 14.2. The summed E-state index contributed by atoms with van der Waals surface area (Å²) in [6, 6.07) is 6.83. The van der Waals surface area contributed by atoms with Gasteiger partial charge in [0.05, 0.1) is 24.8 Å². The Kier molecular flexibility index (Phi) is 8.43. The molecule has 0 unspecified atom stereocenters. The van der Waals surface area contributed by atoms with E-state index in [1.54, 1.807) is 31.0 Å². The number of aromatic nitrogens is 1. The number of amides is 2. The van der Waals surface area contributed by atoms with Crippen molar-refractivity contribution in [2.75, 3.05) is 26.7 Å². The normalized spacial score (nSPS) is 19.3. The predicted octanol–water partition coefficient (Wildman–Crippen LogP) is 1.95. The van der Waals surface area contributed by atoms with Gasteiger partial charge < -0.3 is 24.7 Å². The molecule has 2 heterocycles. The fourth-order valence-corrected chi connectivity index (χ4v) is 3.77. The number of carbonyl (C=O) groups excluding carboxylic acids is 2. The van der Waals surface area contributed by atoms with Crippen molar-refractivity contribution in [2.24, 2.45) is 5.92 Å². The lowest BCUT2D eigenvalue weighted by molar-refractivity contribution is 0.0312. The molecule has 2 N–H and O–H groups in total. The Labute approximate surface area is 204 Å². The molecule has 35 heavy (non-hydrogen) atoms. The van der Waals surface area contributed by atoms with Crippen molar-refractivity contribution in [3.05, 3.63) is 59.0 Å². The summed E-state index contributed by atoms with van der Waals surface area (Å²) < 4.78 is 20.3. The molecule has 1 aromatic heterocycles. The van der Waals surface area contributed by atoms with E-state index in [4.69, 9.17) is 4.74 Å². The zero-order valence-corrected chi connectivity index (χ0v) is 20.2. The van der Waals surface area contributed by atoms with Crippen molar-refractivity contribution >= 4 is 11.8 Å². The van der Waals surface area contributed by atoms with Crippen molar-refractivity contribution in [1.82, 2.24) is 14.8 Å². The van der Waals surface area contributed by atoms with Crippen molar-refractivity contribution in [2.45, 2.75) is 39.0 Å². The van der Waals surface area contributed by atoms with Crippen LogP contribution in [0.25, 0.3) is 0 Å². The highest BCUT2D eigenvalue weighted by Crippen LogP contribution is 2.27. The molecule has 1 aliphatic heterocycles. The molecular weight excluding hydrogens is 453 g/mol. The molecule has 0 bridgehead atoms. The van der Waals surface area contributed by atoms with E-state index in [1.165, 1.54) is 36.2 Å². The third-order valence-electron chi connectivity index (χ3n) is 5.85. The minimum atomic E-state index is -0.845. The maximum atomic E-state index is 14.2. The summed E-state index contributed by atoms with van der Waals surface area (Å²) >= 11 is 0. The SMILES string of the molecule is C[C@H](O)C#Cc1cnc2c(c1)C(=O)N([C@@H](C)CO)C[C@H](C)[C@H](CN(C)C(=O)c1ccccc1F)O2. The molecule has 2 amide bonds. The van der Waals surface area contributed by atoms with Crippen molar-refractivity contribution in [3.63, 3.8) is 0 Å². The average molecular weight is 484 g/mol. The van der Waals surface area contributed by atoms with E-state index in [0.717, 1.165) is 0 Å². The molecule has 4 atom stereocenters. The Balaban J connectivity index is 1.96. The highest BCUT2D eigenvalue weighted by molar-refractivity contribution is 5.97. The lowest BCUT2D eigenvalue weighted by Gasteiger charge is -2.37. The van der Waals surface area contributed by atoms with Gasteiger partial charge in [-0.25, -0.2) is 9.37 Å². The zero-order chi connectivity index (χ0) is 25.7. The number of benzene rings is 1. The van der Waals surface area contributed by atoms with Crippen LogP contribution < -0.4 is 4.74 Å². The lowest BCUT2D eigenvalue weighted by Crippen LogP contribution is -2.50. The van der Waals surface area contributed by atoms with Gasteiger partial charge in [-0.05, 0) is 32.0 Å². The van der Waals surface area contributed by atoms with Gasteiger partial charge in [0.15, 0.2) is 0 Å². The van der Waals surface area contributed by atoms with Gasteiger partial charge in [0.25, 0.3) is 11.8 Å². The number of likely N-dealkylation sites (N-methyl/N-ethyl adjacent to an activating group) is 1. The third kappa shape index (κ3) is 6.15. The van der Waals surface area contributed by atoms with E-state index in [1.807, 2.05) is 6.92 Å². The van der Waals surface area contributed by atoms with Gasteiger partial charge in [0.2, 0.25) is 5.88 Å². The number of nitrogens with zero attached hydrogens (tertiary/aromatic N) is 3. The Bertz CT molecular complexity index is 1140. The fraction of sp³-hybridized carbons (Fsp3) is 0.423. The Morgan fingerprint density at radius 1 is 1.37 bits per heavy atom. The van der Waals surface area contributed by atoms with Gasteiger partial charge in [-0.2, -0.15) is 0 Å². The van der Waals surface area contributed by atoms with Crippen LogP contribution in [-0.4, -0.2) is 81.8 Å². The summed E-state index contributed by atoms with van der Waals surface area (Å²) in [5, 5.41) is 19.2. The molecule has 0 saturated carbocycles. The van der Waals surface area contributed by atoms with E-state index in [2.05, 4.69) is 16.8 Å². The molecule has 186 valence electrons. The molecule has 0 saturated heterocycles. The number of rotatable bonds is 5. The highest BCUT2D eigenvalue weighted by atomic mass is 19.1. The van der Waals surface area contributed by atoms with Gasteiger partial charge in [-0.3, -0.25) is 9.59 Å². The summed E-state index contributed by atoms with van der Waals surface area (Å²) in [5.41, 5.74) is 0.553. The van der Waals surface area contributed by atoms with Gasteiger partial charge >= 0.3 is 0 Å². The first kappa shape index (κ1) is 26.1. The second-order valence-electron chi connectivity index (χ2n) is 8.81. The summed E-state index contributed by atoms with van der Waals surface area (Å²) in [7, 11) is 1.56. The van der Waals surface area contributed by atoms with Crippen LogP contribution in [0.4, 0.5) is 4.39 Å². The van der Waals surface area contributed by atoms with Crippen molar-refractivity contribution in [1.29, 1.82) is 0 Å². The smallest absolute Gasteiger partial charge is 0.259 e. The second-order valence-corrected chi connectivity index (χ2v) is 8.81. The first-order valence-corrected chi connectivity index (χ1v) is 11.4. The number of ether oxygens (including phenoxy) is 1. The summed E-state index contributed by atoms with van der Waals surface area (Å²) in [6.07, 6.45) is 0.0271. The number of pyridine rings is 1. The van der Waals surface area contributed by atoms with Crippen LogP contribution in [-0.2, 0) is 0 Å². The van der Waals surface area contributed by atoms with Crippen LogP contribution in [0.5, 0.6) is 5.88 Å². The molecular formula is C26H30FN3O5. The van der Waals surface area contributed by atoms with Gasteiger partial charge in [-0.1, -0.05) is 30.9 Å². The molecule has 1 aromatic carbocycles. The summed E-state index contributed by atoms with van der Waals surface area (Å²) in [5.74, 6) is 3.76.